The zero-order chi connectivity index (χ0) is 18.1. The number of hydrogen-bond acceptors (Lipinski definition) is 4. The lowest BCUT2D eigenvalue weighted by atomic mass is 10.1. The van der Waals surface area contributed by atoms with Crippen molar-refractivity contribution in [3.63, 3.8) is 0 Å². The Kier molecular flexibility index (Phi) is 6.71. The molecule has 0 aliphatic heterocycles. The van der Waals surface area contributed by atoms with Crippen LogP contribution in [0.15, 0.2) is 54.6 Å². The summed E-state index contributed by atoms with van der Waals surface area (Å²) in [6.45, 7) is 2.49. The quantitative estimate of drug-likeness (QED) is 0.464. The molecule has 0 spiro atoms. The molecular formula is C19H20N2O4. The van der Waals surface area contributed by atoms with Gasteiger partial charge in [0, 0.05) is 12.6 Å². The molecule has 0 saturated carbocycles. The third-order valence-electron chi connectivity index (χ3n) is 3.47. The molecule has 130 valence electrons. The van der Waals surface area contributed by atoms with E-state index < -0.39 is 11.0 Å². The highest BCUT2D eigenvalue weighted by molar-refractivity contribution is 5.67. The number of benzene rings is 2. The van der Waals surface area contributed by atoms with Gasteiger partial charge >= 0.3 is 6.09 Å². The van der Waals surface area contributed by atoms with Crippen LogP contribution in [0.1, 0.15) is 23.1 Å². The first-order valence-corrected chi connectivity index (χ1v) is 7.92. The Morgan fingerprint density at radius 3 is 2.72 bits per heavy atom. The van der Waals surface area contributed by atoms with E-state index in [9.17, 15) is 14.9 Å². The van der Waals surface area contributed by atoms with E-state index in [0.29, 0.717) is 18.5 Å². The number of nitrogens with zero attached hydrogens (tertiary/aromatic N) is 1. The summed E-state index contributed by atoms with van der Waals surface area (Å²) >= 11 is 0. The fourth-order valence-corrected chi connectivity index (χ4v) is 2.22. The van der Waals surface area contributed by atoms with Crippen molar-refractivity contribution in [1.82, 2.24) is 5.32 Å². The van der Waals surface area contributed by atoms with Crippen LogP contribution in [-0.4, -0.2) is 17.6 Å². The maximum Gasteiger partial charge on any atom is 0.407 e. The van der Waals surface area contributed by atoms with E-state index >= 15 is 0 Å². The summed E-state index contributed by atoms with van der Waals surface area (Å²) in [5, 5.41) is 13.6. The first kappa shape index (κ1) is 18.2. The fourth-order valence-electron chi connectivity index (χ4n) is 2.22. The van der Waals surface area contributed by atoms with Gasteiger partial charge in [0.15, 0.2) is 0 Å². The van der Waals surface area contributed by atoms with Crippen molar-refractivity contribution in [2.45, 2.75) is 20.0 Å². The molecule has 0 heterocycles. The molecule has 25 heavy (non-hydrogen) atoms. The van der Waals surface area contributed by atoms with E-state index in [4.69, 9.17) is 4.74 Å². The van der Waals surface area contributed by atoms with Gasteiger partial charge in [0.05, 0.1) is 10.5 Å². The summed E-state index contributed by atoms with van der Waals surface area (Å²) in [5.41, 5.74) is 2.49. The molecule has 2 aromatic rings. The Labute approximate surface area is 146 Å². The van der Waals surface area contributed by atoms with E-state index in [2.05, 4.69) is 5.32 Å². The molecule has 0 aliphatic carbocycles. The van der Waals surface area contributed by atoms with Gasteiger partial charge in [-0.25, -0.2) is 4.79 Å². The van der Waals surface area contributed by atoms with E-state index in [1.165, 1.54) is 6.07 Å². The number of aryl methyl sites for hydroxylation is 1. The molecular weight excluding hydrogens is 320 g/mol. The van der Waals surface area contributed by atoms with Crippen molar-refractivity contribution < 1.29 is 14.5 Å². The van der Waals surface area contributed by atoms with Gasteiger partial charge in [-0.05, 0) is 25.0 Å². The maximum absolute atomic E-state index is 11.6. The normalized spacial score (nSPS) is 10.6. The van der Waals surface area contributed by atoms with Crippen molar-refractivity contribution in [1.29, 1.82) is 0 Å². The average Bonchev–Trinajstić information content (AvgIpc) is 2.60. The minimum atomic E-state index is -0.487. The van der Waals surface area contributed by atoms with E-state index in [-0.39, 0.29) is 12.3 Å². The van der Waals surface area contributed by atoms with E-state index in [1.807, 2.05) is 37.3 Å². The lowest BCUT2D eigenvalue weighted by molar-refractivity contribution is -0.385. The Bertz CT molecular complexity index is 757. The Hall–Kier alpha value is -3.15. The van der Waals surface area contributed by atoms with Crippen LogP contribution in [0.3, 0.4) is 0 Å². The number of nitro benzene ring substituents is 1. The molecule has 0 saturated heterocycles. The molecule has 0 fully saturated rings. The summed E-state index contributed by atoms with van der Waals surface area (Å²) in [7, 11) is 0. The Morgan fingerprint density at radius 1 is 1.24 bits per heavy atom. The van der Waals surface area contributed by atoms with Crippen LogP contribution in [0.25, 0.3) is 6.08 Å². The summed E-state index contributed by atoms with van der Waals surface area (Å²) in [6.07, 6.45) is 3.55. The second kappa shape index (κ2) is 9.22. The minimum Gasteiger partial charge on any atom is -0.445 e. The molecule has 0 radical (unpaired) electrons. The molecule has 0 atom stereocenters. The third kappa shape index (κ3) is 6.10. The molecule has 1 amide bonds. The van der Waals surface area contributed by atoms with Gasteiger partial charge in [-0.15, -0.1) is 0 Å². The maximum atomic E-state index is 11.6. The molecule has 1 N–H and O–H groups in total. The van der Waals surface area contributed by atoms with Gasteiger partial charge in [0.1, 0.15) is 6.61 Å². The van der Waals surface area contributed by atoms with Crippen LogP contribution in [0.4, 0.5) is 10.5 Å². The Morgan fingerprint density at radius 2 is 2.00 bits per heavy atom. The van der Waals surface area contributed by atoms with Crippen molar-refractivity contribution in [2.75, 3.05) is 6.54 Å². The lowest BCUT2D eigenvalue weighted by Crippen LogP contribution is -2.24. The number of ether oxygens (including phenoxy) is 1. The van der Waals surface area contributed by atoms with Gasteiger partial charge < -0.3 is 10.1 Å². The van der Waals surface area contributed by atoms with Gasteiger partial charge in [-0.2, -0.15) is 0 Å². The standard InChI is InChI=1S/C19H20N2O4/c1-15-10-11-18(21(23)24)17(13-15)9-5-6-12-20-19(22)25-14-16-7-3-2-4-8-16/h2-5,7-11,13H,6,12,14H2,1H3,(H,20,22). The van der Waals surface area contributed by atoms with Crippen LogP contribution >= 0.6 is 0 Å². The van der Waals surface area contributed by atoms with Crippen molar-refractivity contribution >= 4 is 17.9 Å². The highest BCUT2D eigenvalue weighted by atomic mass is 16.6. The van der Waals surface area contributed by atoms with Crippen molar-refractivity contribution in [3.05, 3.63) is 81.4 Å². The molecule has 6 nitrogen and oxygen atoms in total. The van der Waals surface area contributed by atoms with Gasteiger partial charge in [-0.3, -0.25) is 10.1 Å². The zero-order valence-electron chi connectivity index (χ0n) is 14.0. The first-order chi connectivity index (χ1) is 12.1. The van der Waals surface area contributed by atoms with Crippen LogP contribution < -0.4 is 5.32 Å². The summed E-state index contributed by atoms with van der Waals surface area (Å²) in [5.74, 6) is 0. The second-order valence-electron chi connectivity index (χ2n) is 5.50. The summed E-state index contributed by atoms with van der Waals surface area (Å²) in [4.78, 5) is 22.2. The topological polar surface area (TPSA) is 81.5 Å². The Balaban J connectivity index is 1.75. The lowest BCUT2D eigenvalue weighted by Gasteiger charge is -2.06. The number of amides is 1. The number of nitrogens with one attached hydrogen (secondary N) is 1. The monoisotopic (exact) mass is 340 g/mol. The van der Waals surface area contributed by atoms with Crippen LogP contribution in [0.2, 0.25) is 0 Å². The van der Waals surface area contributed by atoms with Gasteiger partial charge in [0.2, 0.25) is 0 Å². The molecule has 0 unspecified atom stereocenters. The molecule has 0 aromatic heterocycles. The summed E-state index contributed by atoms with van der Waals surface area (Å²) < 4.78 is 5.10. The number of nitro groups is 1. The van der Waals surface area contributed by atoms with E-state index in [0.717, 1.165) is 11.1 Å². The predicted molar refractivity (Wildman–Crippen MR) is 96.1 cm³/mol. The van der Waals surface area contributed by atoms with Crippen molar-refractivity contribution in [2.24, 2.45) is 0 Å². The molecule has 0 aliphatic rings. The number of alkyl carbamates (subject to hydrolysis) is 1. The number of carbonyl (C=O) groups is 1. The van der Waals surface area contributed by atoms with Crippen LogP contribution in [-0.2, 0) is 11.3 Å². The van der Waals surface area contributed by atoms with Crippen LogP contribution in [0.5, 0.6) is 0 Å². The first-order valence-electron chi connectivity index (χ1n) is 7.92. The smallest absolute Gasteiger partial charge is 0.407 e. The molecule has 2 aromatic carbocycles. The SMILES string of the molecule is Cc1ccc([N+](=O)[O-])c(C=CCCNC(=O)OCc2ccccc2)c1. The number of hydrogen-bond donors (Lipinski definition) is 1. The zero-order valence-corrected chi connectivity index (χ0v) is 14.0. The number of carbonyl (C=O) groups excluding carboxylic acids is 1. The molecule has 0 bridgehead atoms. The second-order valence-corrected chi connectivity index (χ2v) is 5.50. The molecule has 2 rings (SSSR count). The average molecular weight is 340 g/mol. The third-order valence-corrected chi connectivity index (χ3v) is 3.47. The van der Waals surface area contributed by atoms with E-state index in [1.54, 1.807) is 24.3 Å². The minimum absolute atomic E-state index is 0.0667. The van der Waals surface area contributed by atoms with Crippen LogP contribution in [0, 0.1) is 17.0 Å². The highest BCUT2D eigenvalue weighted by Crippen LogP contribution is 2.21. The predicted octanol–water partition coefficient (Wildman–Crippen LogP) is 4.23. The number of rotatable bonds is 7. The van der Waals surface area contributed by atoms with Crippen molar-refractivity contribution in [3.8, 4) is 0 Å². The fraction of sp³-hybridized carbons (Fsp3) is 0.211. The largest absolute Gasteiger partial charge is 0.445 e. The highest BCUT2D eigenvalue weighted by Gasteiger charge is 2.10. The van der Waals surface area contributed by atoms with Gasteiger partial charge in [-0.1, -0.05) is 54.1 Å². The summed E-state index contributed by atoms with van der Waals surface area (Å²) in [6, 6.07) is 14.4. The van der Waals surface area contributed by atoms with Gasteiger partial charge in [0.25, 0.3) is 5.69 Å². The molecule has 6 heteroatoms.